The first kappa shape index (κ1) is 15.4. The Kier molecular flexibility index (Phi) is 5.23. The number of carbonyl (C=O) groups is 1. The Bertz CT molecular complexity index is 622. The molecule has 0 aliphatic heterocycles. The van der Waals surface area contributed by atoms with Crippen LogP contribution in [-0.4, -0.2) is 28.8 Å². The summed E-state index contributed by atoms with van der Waals surface area (Å²) in [7, 11) is 0. The quantitative estimate of drug-likeness (QED) is 0.761. The van der Waals surface area contributed by atoms with Gasteiger partial charge in [-0.15, -0.1) is 0 Å². The lowest BCUT2D eigenvalue weighted by atomic mass is 10.0. The third-order valence-electron chi connectivity index (χ3n) is 3.59. The van der Waals surface area contributed by atoms with Crippen LogP contribution in [0.25, 0.3) is 0 Å². The van der Waals surface area contributed by atoms with E-state index in [1.807, 2.05) is 56.3 Å². The Labute approximate surface area is 126 Å². The first-order valence-electron chi connectivity index (χ1n) is 7.34. The summed E-state index contributed by atoms with van der Waals surface area (Å²) in [5.74, 6) is 0.169. The molecule has 3 heteroatoms. The maximum Gasteiger partial charge on any atom is 0.177 e. The number of hydrogen-bond acceptors (Lipinski definition) is 3. The number of ketones is 1. The van der Waals surface area contributed by atoms with E-state index in [9.17, 15) is 4.79 Å². The Hall–Kier alpha value is -2.00. The largest absolute Gasteiger partial charge is 0.293 e. The zero-order valence-corrected chi connectivity index (χ0v) is 13.0. The van der Waals surface area contributed by atoms with Crippen molar-refractivity contribution < 1.29 is 4.79 Å². The van der Waals surface area contributed by atoms with Gasteiger partial charge in [-0.2, -0.15) is 0 Å². The van der Waals surface area contributed by atoms with Crippen LogP contribution in [0.2, 0.25) is 0 Å². The van der Waals surface area contributed by atoms with Crippen molar-refractivity contribution in [3.63, 3.8) is 0 Å². The molecule has 21 heavy (non-hydrogen) atoms. The summed E-state index contributed by atoms with van der Waals surface area (Å²) in [6.45, 7) is 7.99. The molecule has 2 rings (SSSR count). The van der Waals surface area contributed by atoms with Gasteiger partial charge >= 0.3 is 0 Å². The monoisotopic (exact) mass is 282 g/mol. The van der Waals surface area contributed by atoms with Gasteiger partial charge in [0.15, 0.2) is 5.78 Å². The molecule has 0 spiro atoms. The van der Waals surface area contributed by atoms with E-state index in [4.69, 9.17) is 0 Å². The van der Waals surface area contributed by atoms with Crippen LogP contribution in [0.15, 0.2) is 42.5 Å². The fraction of sp³-hybridized carbons (Fsp3) is 0.333. The van der Waals surface area contributed by atoms with E-state index in [0.29, 0.717) is 13.1 Å². The van der Waals surface area contributed by atoms with E-state index in [1.54, 1.807) is 0 Å². The normalized spacial score (nSPS) is 10.9. The molecule has 0 saturated heterocycles. The van der Waals surface area contributed by atoms with Gasteiger partial charge in [0.05, 0.1) is 12.2 Å². The lowest BCUT2D eigenvalue weighted by Crippen LogP contribution is -2.30. The molecule has 1 aromatic heterocycles. The number of hydrogen-bond donors (Lipinski definition) is 0. The smallest absolute Gasteiger partial charge is 0.177 e. The van der Waals surface area contributed by atoms with Crippen molar-refractivity contribution in [3.05, 3.63) is 65.0 Å². The van der Waals surface area contributed by atoms with Crippen LogP contribution in [0.1, 0.15) is 34.2 Å². The van der Waals surface area contributed by atoms with Crippen molar-refractivity contribution in [1.29, 1.82) is 0 Å². The van der Waals surface area contributed by atoms with E-state index in [0.717, 1.165) is 29.1 Å². The molecule has 0 aliphatic rings. The van der Waals surface area contributed by atoms with Crippen LogP contribution < -0.4 is 0 Å². The first-order chi connectivity index (χ1) is 10.1. The summed E-state index contributed by atoms with van der Waals surface area (Å²) >= 11 is 0. The number of nitrogens with zero attached hydrogens (tertiary/aromatic N) is 2. The molecule has 0 atom stereocenters. The lowest BCUT2D eigenvalue weighted by Gasteiger charge is -2.19. The Morgan fingerprint density at radius 3 is 2.52 bits per heavy atom. The van der Waals surface area contributed by atoms with Crippen LogP contribution in [0.4, 0.5) is 0 Å². The minimum atomic E-state index is 0.169. The van der Waals surface area contributed by atoms with Crippen LogP contribution in [0.5, 0.6) is 0 Å². The third kappa shape index (κ3) is 4.23. The predicted molar refractivity (Wildman–Crippen MR) is 85.4 cm³/mol. The highest BCUT2D eigenvalue weighted by atomic mass is 16.1. The third-order valence-corrected chi connectivity index (χ3v) is 3.59. The van der Waals surface area contributed by atoms with Crippen LogP contribution in [-0.2, 0) is 6.54 Å². The second-order valence-electron chi connectivity index (χ2n) is 5.31. The number of rotatable bonds is 6. The van der Waals surface area contributed by atoms with Crippen molar-refractivity contribution in [3.8, 4) is 0 Å². The zero-order chi connectivity index (χ0) is 15.2. The highest BCUT2D eigenvalue weighted by molar-refractivity contribution is 5.98. The van der Waals surface area contributed by atoms with Gasteiger partial charge in [0, 0.05) is 17.8 Å². The molecule has 0 aliphatic carbocycles. The second kappa shape index (κ2) is 7.14. The maximum absolute atomic E-state index is 12.4. The van der Waals surface area contributed by atoms with E-state index < -0.39 is 0 Å². The van der Waals surface area contributed by atoms with Gasteiger partial charge in [0.1, 0.15) is 0 Å². The molecule has 0 radical (unpaired) electrons. The topological polar surface area (TPSA) is 33.2 Å². The molecule has 110 valence electrons. The summed E-state index contributed by atoms with van der Waals surface area (Å²) in [5.41, 5.74) is 3.86. The van der Waals surface area contributed by atoms with Gasteiger partial charge in [-0.1, -0.05) is 37.3 Å². The molecule has 0 amide bonds. The fourth-order valence-corrected chi connectivity index (χ4v) is 2.37. The predicted octanol–water partition coefficient (Wildman–Crippen LogP) is 3.40. The number of benzene rings is 1. The van der Waals surface area contributed by atoms with E-state index in [2.05, 4.69) is 16.8 Å². The fourth-order valence-electron chi connectivity index (χ4n) is 2.37. The number of pyridine rings is 1. The zero-order valence-electron chi connectivity index (χ0n) is 13.0. The number of Topliss-reactive ketones (excluding diaryl/α,β-unsaturated/α-hetero) is 1. The Morgan fingerprint density at radius 1 is 1.10 bits per heavy atom. The molecule has 1 heterocycles. The number of carbonyl (C=O) groups excluding carboxylic acids is 1. The molecular weight excluding hydrogens is 260 g/mol. The van der Waals surface area contributed by atoms with Gasteiger partial charge in [0.2, 0.25) is 0 Å². The Morgan fingerprint density at radius 2 is 1.86 bits per heavy atom. The molecule has 0 unspecified atom stereocenters. The van der Waals surface area contributed by atoms with E-state index in [1.165, 1.54) is 0 Å². The molecule has 0 N–H and O–H groups in total. The SMILES string of the molecule is CCN(CC(=O)c1ccccc1C)Cc1cccc(C)n1. The van der Waals surface area contributed by atoms with Crippen LogP contribution in [0.3, 0.4) is 0 Å². The molecule has 2 aromatic rings. The van der Waals surface area contributed by atoms with Gasteiger partial charge in [-0.25, -0.2) is 0 Å². The summed E-state index contributed by atoms with van der Waals surface area (Å²) in [6.07, 6.45) is 0. The number of likely N-dealkylation sites (N-methyl/N-ethyl adjacent to an activating group) is 1. The summed E-state index contributed by atoms with van der Waals surface area (Å²) in [6, 6.07) is 13.8. The van der Waals surface area contributed by atoms with Crippen LogP contribution in [0, 0.1) is 13.8 Å². The Balaban J connectivity index is 2.06. The number of aryl methyl sites for hydroxylation is 2. The minimum Gasteiger partial charge on any atom is -0.293 e. The van der Waals surface area contributed by atoms with Crippen molar-refractivity contribution in [2.24, 2.45) is 0 Å². The standard InChI is InChI=1S/C18H22N2O/c1-4-20(12-16-10-7-9-15(3)19-16)13-18(21)17-11-6-5-8-14(17)2/h5-11H,4,12-13H2,1-3H3. The lowest BCUT2D eigenvalue weighted by molar-refractivity contribution is 0.0928. The summed E-state index contributed by atoms with van der Waals surface area (Å²) in [4.78, 5) is 19.1. The highest BCUT2D eigenvalue weighted by Gasteiger charge is 2.13. The molecule has 3 nitrogen and oxygen atoms in total. The second-order valence-corrected chi connectivity index (χ2v) is 5.31. The minimum absolute atomic E-state index is 0.169. The molecule has 0 saturated carbocycles. The maximum atomic E-state index is 12.4. The average molecular weight is 282 g/mol. The molecule has 1 aromatic carbocycles. The van der Waals surface area contributed by atoms with Gasteiger partial charge in [0.25, 0.3) is 0 Å². The molecule has 0 bridgehead atoms. The van der Waals surface area contributed by atoms with Crippen molar-refractivity contribution in [2.45, 2.75) is 27.3 Å². The summed E-state index contributed by atoms with van der Waals surface area (Å²) in [5, 5.41) is 0. The van der Waals surface area contributed by atoms with Crippen LogP contribution >= 0.6 is 0 Å². The van der Waals surface area contributed by atoms with Crippen molar-refractivity contribution >= 4 is 5.78 Å². The van der Waals surface area contributed by atoms with E-state index >= 15 is 0 Å². The van der Waals surface area contributed by atoms with Gasteiger partial charge < -0.3 is 0 Å². The first-order valence-corrected chi connectivity index (χ1v) is 7.34. The number of aromatic nitrogens is 1. The van der Waals surface area contributed by atoms with Crippen molar-refractivity contribution in [1.82, 2.24) is 9.88 Å². The van der Waals surface area contributed by atoms with Gasteiger partial charge in [-0.05, 0) is 38.1 Å². The summed E-state index contributed by atoms with van der Waals surface area (Å²) < 4.78 is 0. The average Bonchev–Trinajstić information content (AvgIpc) is 2.47. The van der Waals surface area contributed by atoms with Crippen molar-refractivity contribution in [2.75, 3.05) is 13.1 Å². The van der Waals surface area contributed by atoms with E-state index in [-0.39, 0.29) is 5.78 Å². The molecular formula is C18H22N2O. The highest BCUT2D eigenvalue weighted by Crippen LogP contribution is 2.10. The molecule has 0 fully saturated rings. The van der Waals surface area contributed by atoms with Gasteiger partial charge in [-0.3, -0.25) is 14.7 Å².